The third-order valence-electron chi connectivity index (χ3n) is 5.10. The molecule has 3 rings (SSSR count). The highest BCUT2D eigenvalue weighted by atomic mass is 79.9. The van der Waals surface area contributed by atoms with Crippen molar-refractivity contribution < 1.29 is 9.69 Å². The fourth-order valence-corrected chi connectivity index (χ4v) is 4.01. The minimum atomic E-state index is -0.0141. The molecule has 1 fully saturated rings. The van der Waals surface area contributed by atoms with Gasteiger partial charge in [-0.15, -0.1) is 0 Å². The summed E-state index contributed by atoms with van der Waals surface area (Å²) in [6.45, 7) is 3.00. The summed E-state index contributed by atoms with van der Waals surface area (Å²) in [5.74, 6) is -0.0141. The Balaban J connectivity index is 1.73. The zero-order valence-electron chi connectivity index (χ0n) is 15.5. The SMILES string of the molecule is CN(C)c1ccc([C@H](CNC(=O)c2cccc(Br)c2)[NH+]2CCCC2)cc1. The van der Waals surface area contributed by atoms with Gasteiger partial charge in [-0.3, -0.25) is 4.79 Å². The molecule has 0 spiro atoms. The third-order valence-corrected chi connectivity index (χ3v) is 5.60. The first-order valence-corrected chi connectivity index (χ1v) is 9.99. The number of hydrogen-bond donors (Lipinski definition) is 2. The molecule has 0 unspecified atom stereocenters. The van der Waals surface area contributed by atoms with Crippen molar-refractivity contribution in [1.82, 2.24) is 5.32 Å². The van der Waals surface area contributed by atoms with Crippen LogP contribution in [-0.4, -0.2) is 39.6 Å². The first-order valence-electron chi connectivity index (χ1n) is 9.20. The molecule has 0 radical (unpaired) electrons. The van der Waals surface area contributed by atoms with E-state index < -0.39 is 0 Å². The summed E-state index contributed by atoms with van der Waals surface area (Å²) in [6.07, 6.45) is 2.53. The number of carbonyl (C=O) groups excluding carboxylic acids is 1. The van der Waals surface area contributed by atoms with E-state index >= 15 is 0 Å². The van der Waals surface area contributed by atoms with Crippen molar-refractivity contribution in [3.63, 3.8) is 0 Å². The van der Waals surface area contributed by atoms with E-state index in [1.807, 2.05) is 24.3 Å². The van der Waals surface area contributed by atoms with Gasteiger partial charge in [0.1, 0.15) is 6.04 Å². The van der Waals surface area contributed by atoms with Gasteiger partial charge in [0.05, 0.1) is 19.6 Å². The molecular weight excluding hydrogens is 390 g/mol. The van der Waals surface area contributed by atoms with Crippen molar-refractivity contribution in [3.05, 3.63) is 64.1 Å². The van der Waals surface area contributed by atoms with E-state index in [1.165, 1.54) is 37.2 Å². The van der Waals surface area contributed by atoms with Crippen LogP contribution in [0.3, 0.4) is 0 Å². The molecule has 1 saturated heterocycles. The van der Waals surface area contributed by atoms with Gasteiger partial charge in [0.15, 0.2) is 0 Å². The topological polar surface area (TPSA) is 36.8 Å². The van der Waals surface area contributed by atoms with Gasteiger partial charge in [0, 0.05) is 48.2 Å². The van der Waals surface area contributed by atoms with Crippen molar-refractivity contribution in [2.75, 3.05) is 38.6 Å². The van der Waals surface area contributed by atoms with Crippen LogP contribution in [0.5, 0.6) is 0 Å². The average molecular weight is 417 g/mol. The molecule has 26 heavy (non-hydrogen) atoms. The second-order valence-corrected chi connectivity index (χ2v) is 8.04. The predicted octanol–water partition coefficient (Wildman–Crippen LogP) is 2.66. The number of nitrogens with one attached hydrogen (secondary N) is 2. The van der Waals surface area contributed by atoms with E-state index in [0.717, 1.165) is 4.47 Å². The maximum Gasteiger partial charge on any atom is 0.251 e. The molecule has 5 heteroatoms. The Morgan fingerprint density at radius 3 is 2.46 bits per heavy atom. The molecule has 1 heterocycles. The second-order valence-electron chi connectivity index (χ2n) is 7.12. The number of quaternary nitrogens is 1. The van der Waals surface area contributed by atoms with Crippen LogP contribution in [0.4, 0.5) is 5.69 Å². The van der Waals surface area contributed by atoms with Gasteiger partial charge in [-0.25, -0.2) is 0 Å². The highest BCUT2D eigenvalue weighted by molar-refractivity contribution is 9.10. The summed E-state index contributed by atoms with van der Waals surface area (Å²) < 4.78 is 0.922. The van der Waals surface area contributed by atoms with Gasteiger partial charge in [-0.2, -0.15) is 0 Å². The highest BCUT2D eigenvalue weighted by Gasteiger charge is 2.28. The van der Waals surface area contributed by atoms with E-state index in [2.05, 4.69) is 64.5 Å². The van der Waals surface area contributed by atoms with Crippen LogP contribution in [-0.2, 0) is 0 Å². The zero-order chi connectivity index (χ0) is 18.5. The van der Waals surface area contributed by atoms with Crippen LogP contribution in [0.1, 0.15) is 34.8 Å². The summed E-state index contributed by atoms with van der Waals surface area (Å²) in [5, 5.41) is 3.15. The number of hydrogen-bond acceptors (Lipinski definition) is 2. The lowest BCUT2D eigenvalue weighted by molar-refractivity contribution is -0.918. The normalized spacial score (nSPS) is 15.7. The average Bonchev–Trinajstić information content (AvgIpc) is 3.16. The van der Waals surface area contributed by atoms with Crippen LogP contribution >= 0.6 is 15.9 Å². The molecule has 138 valence electrons. The van der Waals surface area contributed by atoms with Gasteiger partial charge < -0.3 is 15.1 Å². The fourth-order valence-electron chi connectivity index (χ4n) is 3.61. The lowest BCUT2D eigenvalue weighted by Gasteiger charge is -2.26. The first kappa shape index (κ1) is 18.9. The molecule has 0 bridgehead atoms. The van der Waals surface area contributed by atoms with Gasteiger partial charge >= 0.3 is 0 Å². The van der Waals surface area contributed by atoms with E-state index in [1.54, 1.807) is 4.90 Å². The van der Waals surface area contributed by atoms with Gasteiger partial charge in [0.2, 0.25) is 0 Å². The number of nitrogens with zero attached hydrogens (tertiary/aromatic N) is 1. The van der Waals surface area contributed by atoms with Crippen molar-refractivity contribution in [2.45, 2.75) is 18.9 Å². The van der Waals surface area contributed by atoms with Gasteiger partial charge in [-0.05, 0) is 30.3 Å². The molecule has 0 aromatic heterocycles. The van der Waals surface area contributed by atoms with Crippen LogP contribution in [0.2, 0.25) is 0 Å². The van der Waals surface area contributed by atoms with Crippen molar-refractivity contribution >= 4 is 27.5 Å². The van der Waals surface area contributed by atoms with Crippen molar-refractivity contribution in [2.24, 2.45) is 0 Å². The molecule has 0 saturated carbocycles. The maximum atomic E-state index is 12.5. The van der Waals surface area contributed by atoms with E-state index in [0.29, 0.717) is 18.2 Å². The Hall–Kier alpha value is -1.85. The van der Waals surface area contributed by atoms with Crippen molar-refractivity contribution in [1.29, 1.82) is 0 Å². The van der Waals surface area contributed by atoms with Crippen LogP contribution < -0.4 is 15.1 Å². The van der Waals surface area contributed by atoms with Gasteiger partial charge in [0.25, 0.3) is 5.91 Å². The smallest absolute Gasteiger partial charge is 0.251 e. The van der Waals surface area contributed by atoms with E-state index in [9.17, 15) is 4.79 Å². The quantitative estimate of drug-likeness (QED) is 0.759. The van der Waals surface area contributed by atoms with E-state index in [4.69, 9.17) is 0 Å². The van der Waals surface area contributed by atoms with Crippen LogP contribution in [0, 0.1) is 0 Å². The molecule has 2 aromatic carbocycles. The lowest BCUT2D eigenvalue weighted by Crippen LogP contribution is -3.11. The lowest BCUT2D eigenvalue weighted by atomic mass is 10.0. The molecule has 1 aliphatic rings. The molecule has 1 aliphatic heterocycles. The highest BCUT2D eigenvalue weighted by Crippen LogP contribution is 2.17. The zero-order valence-corrected chi connectivity index (χ0v) is 17.1. The van der Waals surface area contributed by atoms with E-state index in [-0.39, 0.29) is 5.91 Å². The Morgan fingerprint density at radius 1 is 1.15 bits per heavy atom. The Morgan fingerprint density at radius 2 is 1.85 bits per heavy atom. The molecule has 4 nitrogen and oxygen atoms in total. The third kappa shape index (κ3) is 4.65. The molecule has 1 amide bonds. The number of halogens is 1. The van der Waals surface area contributed by atoms with Crippen LogP contribution in [0.15, 0.2) is 53.0 Å². The van der Waals surface area contributed by atoms with Gasteiger partial charge in [-0.1, -0.05) is 34.1 Å². The summed E-state index contributed by atoms with van der Waals surface area (Å²) in [7, 11) is 4.10. The largest absolute Gasteiger partial charge is 0.378 e. The summed E-state index contributed by atoms with van der Waals surface area (Å²) in [5.41, 5.74) is 3.18. The summed E-state index contributed by atoms with van der Waals surface area (Å²) in [4.78, 5) is 16.2. The summed E-state index contributed by atoms with van der Waals surface area (Å²) in [6, 6.07) is 16.6. The number of benzene rings is 2. The molecule has 2 aromatic rings. The van der Waals surface area contributed by atoms with Crippen LogP contribution in [0.25, 0.3) is 0 Å². The number of anilines is 1. The monoisotopic (exact) mass is 416 g/mol. The number of amides is 1. The number of likely N-dealkylation sites (tertiary alicyclic amines) is 1. The predicted molar refractivity (Wildman–Crippen MR) is 110 cm³/mol. The second kappa shape index (κ2) is 8.69. The first-order chi connectivity index (χ1) is 12.5. The standard InChI is InChI=1S/C21H26BrN3O/c1-24(2)19-10-8-16(9-11-19)20(25-12-3-4-13-25)15-23-21(26)17-6-5-7-18(22)14-17/h5-11,14,20H,3-4,12-13,15H2,1-2H3,(H,23,26)/p+1/t20-/m0/s1. The molecule has 0 aliphatic carbocycles. The molecule has 1 atom stereocenters. The molecular formula is C21H27BrN3O+. The maximum absolute atomic E-state index is 12.5. The Labute approximate surface area is 164 Å². The van der Waals surface area contributed by atoms with Crippen molar-refractivity contribution in [3.8, 4) is 0 Å². The fraction of sp³-hybridized carbons (Fsp3) is 0.381. The molecule has 2 N–H and O–H groups in total. The Kier molecular flexibility index (Phi) is 6.33. The minimum absolute atomic E-state index is 0.0141. The Bertz CT molecular complexity index is 739. The number of rotatable bonds is 6. The summed E-state index contributed by atoms with van der Waals surface area (Å²) >= 11 is 3.43. The number of carbonyl (C=O) groups is 1. The minimum Gasteiger partial charge on any atom is -0.378 e.